The van der Waals surface area contributed by atoms with Crippen molar-refractivity contribution in [2.45, 2.75) is 22.3 Å². The van der Waals surface area contributed by atoms with Gasteiger partial charge in [-0.3, -0.25) is 0 Å². The van der Waals surface area contributed by atoms with Gasteiger partial charge in [0.2, 0.25) is 0 Å². The molecule has 0 aromatic rings. The van der Waals surface area contributed by atoms with Gasteiger partial charge in [-0.1, -0.05) is 22.3 Å². The minimum atomic E-state index is 0. The average Bonchev–Trinajstić information content (AvgIpc) is 0. The Kier molecular flexibility index (Phi) is 8550. The smallest absolute Gasteiger partial charge is 0 e. The van der Waals surface area contributed by atoms with E-state index in [1.54, 1.807) is 0 Å². The second-order valence-corrected chi connectivity index (χ2v) is 0. The molecule has 0 radical (unpaired) electrons. The maximum Gasteiger partial charge on any atom is 0 e. The van der Waals surface area contributed by atoms with E-state index in [2.05, 4.69) is 0 Å². The molecule has 0 aliphatic carbocycles. The van der Waals surface area contributed by atoms with Crippen molar-refractivity contribution in [2.75, 3.05) is 0 Å². The molecule has 0 bridgehead atoms. The summed E-state index contributed by atoms with van der Waals surface area (Å²) in [5, 5.41) is 0. The van der Waals surface area contributed by atoms with Crippen LogP contribution in [-0.4, -0.2) is 5.48 Å². The first-order chi connectivity index (χ1) is 0. The maximum absolute atomic E-state index is 0. The third-order valence-corrected chi connectivity index (χ3v) is 0. The third-order valence-electron chi connectivity index (χ3n) is 0. The van der Waals surface area contributed by atoms with Crippen LogP contribution in [0.3, 0.4) is 0 Å². The zero-order valence-electron chi connectivity index (χ0n) is 0.763. The van der Waals surface area contributed by atoms with Gasteiger partial charge in [0.25, 0.3) is 0 Å². The van der Waals surface area contributed by atoms with E-state index in [0.29, 0.717) is 0 Å². The molecule has 0 rings (SSSR count). The number of rotatable bonds is 0. The normalized spacial score (nSPS) is 0. The van der Waals surface area contributed by atoms with Crippen LogP contribution in [0.4, 0.5) is 0 Å². The molecular formula is C3H13OPt-. The molecule has 0 unspecified atom stereocenters. The second kappa shape index (κ2) is 147. The van der Waals surface area contributed by atoms with Gasteiger partial charge in [0.1, 0.15) is 0 Å². The molecule has 0 aromatic heterocycles. The summed E-state index contributed by atoms with van der Waals surface area (Å²) < 4.78 is 0. The van der Waals surface area contributed by atoms with Crippen molar-refractivity contribution in [1.29, 1.82) is 0 Å². The van der Waals surface area contributed by atoms with Gasteiger partial charge < -0.3 is 5.48 Å². The molecule has 0 fully saturated rings. The molecule has 42 valence electrons. The van der Waals surface area contributed by atoms with Crippen molar-refractivity contribution in [3.05, 3.63) is 0 Å². The topological polar surface area (TPSA) is 30.0 Å². The van der Waals surface area contributed by atoms with Crippen molar-refractivity contribution >= 4 is 0 Å². The molecule has 2 heteroatoms. The van der Waals surface area contributed by atoms with Gasteiger partial charge in [-0.2, -0.15) is 0 Å². The van der Waals surface area contributed by atoms with Gasteiger partial charge in [-0.25, -0.2) is 0 Å². The van der Waals surface area contributed by atoms with Crippen LogP contribution in [0.25, 0.3) is 0 Å². The Hall–Kier alpha value is 0.648. The van der Waals surface area contributed by atoms with Gasteiger partial charge in [0.15, 0.2) is 0 Å². The molecule has 0 amide bonds. The fourth-order valence-corrected chi connectivity index (χ4v) is 0. The Bertz CT molecular complexity index is 6.85. The van der Waals surface area contributed by atoms with Crippen molar-refractivity contribution < 1.29 is 26.5 Å². The molecule has 0 spiro atoms. The Morgan fingerprint density at radius 3 is 0.600 bits per heavy atom. The summed E-state index contributed by atoms with van der Waals surface area (Å²) in [5.41, 5.74) is 0. The van der Waals surface area contributed by atoms with Crippen LogP contribution in [0.2, 0.25) is 0 Å². The summed E-state index contributed by atoms with van der Waals surface area (Å²) in [5.74, 6) is 0. The molecule has 0 aliphatic heterocycles. The molecular weight excluding hydrogens is 247 g/mol. The molecule has 1 N–H and O–H groups in total. The number of hydrogen-bond acceptors (Lipinski definition) is 1. The van der Waals surface area contributed by atoms with Crippen LogP contribution >= 0.6 is 0 Å². The molecule has 0 atom stereocenters. The van der Waals surface area contributed by atoms with Crippen LogP contribution in [0.1, 0.15) is 22.3 Å². The first-order valence-corrected chi connectivity index (χ1v) is 0. The van der Waals surface area contributed by atoms with Crippen molar-refractivity contribution in [3.8, 4) is 0 Å². The SMILES string of the molecule is C.C.C.[OH-].[Pt]. The van der Waals surface area contributed by atoms with E-state index in [0.717, 1.165) is 0 Å². The van der Waals surface area contributed by atoms with Crippen LogP contribution in [0, 0.1) is 0 Å². The number of hydrogen-bond donors (Lipinski definition) is 0. The summed E-state index contributed by atoms with van der Waals surface area (Å²) in [7, 11) is 0. The predicted octanol–water partition coefficient (Wildman–Crippen LogP) is 1.73. The molecule has 0 saturated carbocycles. The monoisotopic (exact) mass is 260 g/mol. The van der Waals surface area contributed by atoms with Gasteiger partial charge in [0, 0.05) is 21.1 Å². The Balaban J connectivity index is 0. The zero-order valence-corrected chi connectivity index (χ0v) is 3.04. The Morgan fingerprint density at radius 2 is 0.600 bits per heavy atom. The van der Waals surface area contributed by atoms with E-state index >= 15 is 0 Å². The molecule has 0 aliphatic rings. The van der Waals surface area contributed by atoms with E-state index in [1.807, 2.05) is 0 Å². The first kappa shape index (κ1) is 290. The minimum absolute atomic E-state index is 0. The van der Waals surface area contributed by atoms with Crippen LogP contribution in [0.15, 0.2) is 0 Å². The van der Waals surface area contributed by atoms with E-state index < -0.39 is 0 Å². The summed E-state index contributed by atoms with van der Waals surface area (Å²) in [6, 6.07) is 0. The fourth-order valence-electron chi connectivity index (χ4n) is 0. The zero-order chi connectivity index (χ0) is 0. The van der Waals surface area contributed by atoms with Crippen LogP contribution in [0.5, 0.6) is 0 Å². The first-order valence-electron chi connectivity index (χ1n) is 0. The fraction of sp³-hybridized carbons (Fsp3) is 1.00. The van der Waals surface area contributed by atoms with Crippen LogP contribution in [-0.2, 0) is 21.1 Å². The standard InChI is InChI=1S/3CH4.H2O.Pt/h3*1H4;1H2;/p-1. The Labute approximate surface area is 49.3 Å². The van der Waals surface area contributed by atoms with Gasteiger partial charge in [-0.05, 0) is 0 Å². The predicted molar refractivity (Wildman–Crippen MR) is 22.1 cm³/mol. The quantitative estimate of drug-likeness (QED) is 0.652. The van der Waals surface area contributed by atoms with E-state index in [1.165, 1.54) is 0 Å². The minimum Gasteiger partial charge on any atom is -0.870 e. The van der Waals surface area contributed by atoms with E-state index in [4.69, 9.17) is 0 Å². The Morgan fingerprint density at radius 1 is 0.600 bits per heavy atom. The summed E-state index contributed by atoms with van der Waals surface area (Å²) in [6.45, 7) is 0. The summed E-state index contributed by atoms with van der Waals surface area (Å²) in [4.78, 5) is 0. The van der Waals surface area contributed by atoms with E-state index in [-0.39, 0.29) is 48.8 Å². The summed E-state index contributed by atoms with van der Waals surface area (Å²) >= 11 is 0. The van der Waals surface area contributed by atoms with Crippen LogP contribution < -0.4 is 0 Å². The van der Waals surface area contributed by atoms with Crippen molar-refractivity contribution in [3.63, 3.8) is 0 Å². The van der Waals surface area contributed by atoms with Gasteiger partial charge in [0.05, 0.1) is 0 Å². The van der Waals surface area contributed by atoms with Gasteiger partial charge >= 0.3 is 0 Å². The molecule has 0 heterocycles. The average molecular weight is 260 g/mol. The largest absolute Gasteiger partial charge is 0.870 e. The van der Waals surface area contributed by atoms with Crippen molar-refractivity contribution in [2.24, 2.45) is 0 Å². The maximum atomic E-state index is 0. The summed E-state index contributed by atoms with van der Waals surface area (Å²) in [6.07, 6.45) is 0. The van der Waals surface area contributed by atoms with Crippen molar-refractivity contribution in [1.82, 2.24) is 0 Å². The second-order valence-electron chi connectivity index (χ2n) is 0. The molecule has 0 aromatic carbocycles. The van der Waals surface area contributed by atoms with Gasteiger partial charge in [-0.15, -0.1) is 0 Å². The molecule has 1 nitrogen and oxygen atoms in total. The molecule has 5 heavy (non-hydrogen) atoms. The third kappa shape index (κ3) is 77.6. The van der Waals surface area contributed by atoms with E-state index in [9.17, 15) is 0 Å². The molecule has 0 saturated heterocycles.